The molecular formula is C11H14N2O. The lowest BCUT2D eigenvalue weighted by molar-refractivity contribution is 0.375. The Morgan fingerprint density at radius 2 is 2.00 bits per heavy atom. The minimum absolute atomic E-state index is 0.306. The molecule has 3 heteroatoms. The van der Waals surface area contributed by atoms with Crippen molar-refractivity contribution in [1.29, 1.82) is 10.8 Å². The van der Waals surface area contributed by atoms with Gasteiger partial charge < -0.3 is 15.6 Å². The van der Waals surface area contributed by atoms with Crippen LogP contribution < -0.4 is 4.74 Å². The van der Waals surface area contributed by atoms with Gasteiger partial charge in [0, 0.05) is 11.4 Å². The molecule has 14 heavy (non-hydrogen) atoms. The van der Waals surface area contributed by atoms with Crippen LogP contribution >= 0.6 is 0 Å². The van der Waals surface area contributed by atoms with Gasteiger partial charge in [-0.25, -0.2) is 0 Å². The molecular weight excluding hydrogens is 176 g/mol. The van der Waals surface area contributed by atoms with Gasteiger partial charge in [-0.2, -0.15) is 0 Å². The Bertz CT molecular complexity index is 358. The van der Waals surface area contributed by atoms with E-state index in [0.29, 0.717) is 23.8 Å². The smallest absolute Gasteiger partial charge is 0.125 e. The Hall–Kier alpha value is -1.64. The van der Waals surface area contributed by atoms with Gasteiger partial charge in [-0.05, 0) is 31.5 Å². The van der Waals surface area contributed by atoms with Gasteiger partial charge in [0.05, 0.1) is 0 Å². The van der Waals surface area contributed by atoms with E-state index < -0.39 is 0 Å². The molecule has 0 aliphatic heterocycles. The molecule has 0 fully saturated rings. The second-order valence-electron chi connectivity index (χ2n) is 3.22. The van der Waals surface area contributed by atoms with Gasteiger partial charge in [0.15, 0.2) is 0 Å². The zero-order chi connectivity index (χ0) is 10.6. The van der Waals surface area contributed by atoms with E-state index in [1.807, 2.05) is 24.3 Å². The lowest BCUT2D eigenvalue weighted by Gasteiger charge is -2.06. The van der Waals surface area contributed by atoms with E-state index in [1.54, 1.807) is 13.8 Å². The topological polar surface area (TPSA) is 56.9 Å². The number of hydrogen-bond donors (Lipinski definition) is 2. The standard InChI is InChI=1S/C11H14N2O/c1-8(12)7-14-11-5-3-4-10(6-11)9(2)13/h3-6,12-13H,7H2,1-2H3. The molecule has 0 saturated carbocycles. The van der Waals surface area contributed by atoms with Crippen molar-refractivity contribution in [3.05, 3.63) is 29.8 Å². The molecule has 0 saturated heterocycles. The summed E-state index contributed by atoms with van der Waals surface area (Å²) in [5.41, 5.74) is 1.86. The summed E-state index contributed by atoms with van der Waals surface area (Å²) in [6.07, 6.45) is 0. The van der Waals surface area contributed by atoms with Crippen LogP contribution in [0.2, 0.25) is 0 Å². The predicted molar refractivity (Wildman–Crippen MR) is 57.8 cm³/mol. The Labute approximate surface area is 83.7 Å². The molecule has 0 heterocycles. The van der Waals surface area contributed by atoms with Crippen LogP contribution in [-0.2, 0) is 0 Å². The van der Waals surface area contributed by atoms with E-state index in [9.17, 15) is 0 Å². The summed E-state index contributed by atoms with van der Waals surface area (Å²) in [7, 11) is 0. The number of nitrogens with one attached hydrogen (secondary N) is 2. The van der Waals surface area contributed by atoms with Crippen LogP contribution in [0.15, 0.2) is 24.3 Å². The van der Waals surface area contributed by atoms with Crippen LogP contribution in [0.5, 0.6) is 5.75 Å². The molecule has 74 valence electrons. The first-order valence-electron chi connectivity index (χ1n) is 4.42. The van der Waals surface area contributed by atoms with Gasteiger partial charge in [-0.3, -0.25) is 0 Å². The van der Waals surface area contributed by atoms with Crippen molar-refractivity contribution in [1.82, 2.24) is 0 Å². The van der Waals surface area contributed by atoms with Gasteiger partial charge in [0.1, 0.15) is 12.4 Å². The van der Waals surface area contributed by atoms with Crippen LogP contribution in [0.1, 0.15) is 19.4 Å². The normalized spacial score (nSPS) is 9.57. The maximum Gasteiger partial charge on any atom is 0.125 e. The van der Waals surface area contributed by atoms with Gasteiger partial charge in [0.25, 0.3) is 0 Å². The van der Waals surface area contributed by atoms with E-state index >= 15 is 0 Å². The van der Waals surface area contributed by atoms with Crippen molar-refractivity contribution in [2.45, 2.75) is 13.8 Å². The zero-order valence-corrected chi connectivity index (χ0v) is 8.42. The summed E-state index contributed by atoms with van der Waals surface area (Å²) >= 11 is 0. The number of ether oxygens (including phenoxy) is 1. The molecule has 0 aliphatic rings. The third kappa shape index (κ3) is 3.01. The molecule has 0 spiro atoms. The molecule has 1 aromatic carbocycles. The highest BCUT2D eigenvalue weighted by Crippen LogP contribution is 2.13. The van der Waals surface area contributed by atoms with Gasteiger partial charge >= 0.3 is 0 Å². The predicted octanol–water partition coefficient (Wildman–Crippen LogP) is 2.49. The first-order chi connectivity index (χ1) is 6.59. The fraction of sp³-hybridized carbons (Fsp3) is 0.273. The summed E-state index contributed by atoms with van der Waals surface area (Å²) in [5.74, 6) is 0.709. The zero-order valence-electron chi connectivity index (χ0n) is 8.42. The Morgan fingerprint density at radius 1 is 1.29 bits per heavy atom. The fourth-order valence-corrected chi connectivity index (χ4v) is 1.01. The maximum atomic E-state index is 7.45. The lowest BCUT2D eigenvalue weighted by Crippen LogP contribution is -2.06. The molecule has 0 aliphatic carbocycles. The van der Waals surface area contributed by atoms with Gasteiger partial charge in [-0.1, -0.05) is 12.1 Å². The summed E-state index contributed by atoms with van der Waals surface area (Å²) in [4.78, 5) is 0. The van der Waals surface area contributed by atoms with Crippen LogP contribution in [-0.4, -0.2) is 18.0 Å². The highest BCUT2D eigenvalue weighted by Gasteiger charge is 1.98. The Kier molecular flexibility index (Phi) is 3.40. The van der Waals surface area contributed by atoms with E-state index in [0.717, 1.165) is 5.56 Å². The van der Waals surface area contributed by atoms with Crippen LogP contribution in [0.3, 0.4) is 0 Å². The van der Waals surface area contributed by atoms with Gasteiger partial charge in [-0.15, -0.1) is 0 Å². The third-order valence-electron chi connectivity index (χ3n) is 1.72. The summed E-state index contributed by atoms with van der Waals surface area (Å²) in [5, 5.41) is 14.7. The first kappa shape index (κ1) is 10.4. The highest BCUT2D eigenvalue weighted by molar-refractivity contribution is 5.96. The third-order valence-corrected chi connectivity index (χ3v) is 1.72. The van der Waals surface area contributed by atoms with Gasteiger partial charge in [0.2, 0.25) is 0 Å². The van der Waals surface area contributed by atoms with Crippen LogP contribution in [0.25, 0.3) is 0 Å². The number of rotatable bonds is 4. The Balaban J connectivity index is 2.73. The summed E-state index contributed by atoms with van der Waals surface area (Å²) < 4.78 is 5.34. The quantitative estimate of drug-likeness (QED) is 0.704. The van der Waals surface area contributed by atoms with Crippen molar-refractivity contribution < 1.29 is 4.74 Å². The Morgan fingerprint density at radius 3 is 2.57 bits per heavy atom. The monoisotopic (exact) mass is 190 g/mol. The molecule has 0 unspecified atom stereocenters. The highest BCUT2D eigenvalue weighted by atomic mass is 16.5. The minimum Gasteiger partial charge on any atom is -0.488 e. The molecule has 0 amide bonds. The number of hydrogen-bond acceptors (Lipinski definition) is 3. The second-order valence-corrected chi connectivity index (χ2v) is 3.22. The molecule has 2 N–H and O–H groups in total. The van der Waals surface area contributed by atoms with E-state index in [4.69, 9.17) is 15.6 Å². The largest absolute Gasteiger partial charge is 0.488 e. The first-order valence-corrected chi connectivity index (χ1v) is 4.42. The summed E-state index contributed by atoms with van der Waals surface area (Å²) in [6.45, 7) is 3.74. The van der Waals surface area contributed by atoms with Crippen molar-refractivity contribution >= 4 is 11.4 Å². The fourth-order valence-electron chi connectivity index (χ4n) is 1.01. The van der Waals surface area contributed by atoms with Crippen molar-refractivity contribution in [2.24, 2.45) is 0 Å². The second kappa shape index (κ2) is 4.56. The minimum atomic E-state index is 0.306. The van der Waals surface area contributed by atoms with E-state index in [2.05, 4.69) is 0 Å². The maximum absolute atomic E-state index is 7.45. The summed E-state index contributed by atoms with van der Waals surface area (Å²) in [6, 6.07) is 7.36. The molecule has 1 aromatic rings. The lowest BCUT2D eigenvalue weighted by atomic mass is 10.1. The van der Waals surface area contributed by atoms with E-state index in [1.165, 1.54) is 0 Å². The molecule has 3 nitrogen and oxygen atoms in total. The molecule has 0 aromatic heterocycles. The average molecular weight is 190 g/mol. The number of benzene rings is 1. The van der Waals surface area contributed by atoms with Crippen molar-refractivity contribution in [3.63, 3.8) is 0 Å². The molecule has 0 atom stereocenters. The molecule has 0 radical (unpaired) electrons. The van der Waals surface area contributed by atoms with E-state index in [-0.39, 0.29) is 0 Å². The van der Waals surface area contributed by atoms with Crippen LogP contribution in [0.4, 0.5) is 0 Å². The molecule has 1 rings (SSSR count). The SMILES string of the molecule is CC(=N)COc1cccc(C(C)=N)c1. The van der Waals surface area contributed by atoms with Crippen molar-refractivity contribution in [2.75, 3.05) is 6.61 Å². The molecule has 0 bridgehead atoms. The average Bonchev–Trinajstić information content (AvgIpc) is 2.15. The van der Waals surface area contributed by atoms with Crippen molar-refractivity contribution in [3.8, 4) is 5.75 Å². The van der Waals surface area contributed by atoms with Crippen LogP contribution in [0, 0.1) is 10.8 Å².